The third-order valence-electron chi connectivity index (χ3n) is 2.82. The van der Waals surface area contributed by atoms with Gasteiger partial charge in [-0.15, -0.1) is 0 Å². The van der Waals surface area contributed by atoms with Crippen molar-refractivity contribution >= 4 is 11.8 Å². The second-order valence-electron chi connectivity index (χ2n) is 4.13. The van der Waals surface area contributed by atoms with E-state index in [9.17, 15) is 9.18 Å². The molecule has 104 valence electrons. The molecule has 0 radical (unpaired) electrons. The SMILES string of the molecule is Cc1c(C(=O)O/N=C(\N)c2ccc(F)cc2)cnn1C. The van der Waals surface area contributed by atoms with Crippen LogP contribution in [0.3, 0.4) is 0 Å². The third kappa shape index (κ3) is 2.82. The Balaban J connectivity index is 2.10. The average Bonchev–Trinajstić information content (AvgIpc) is 2.77. The van der Waals surface area contributed by atoms with Gasteiger partial charge in [0.15, 0.2) is 5.84 Å². The summed E-state index contributed by atoms with van der Waals surface area (Å²) in [5.74, 6) is -1.05. The number of nitrogens with zero attached hydrogens (tertiary/aromatic N) is 3. The maximum absolute atomic E-state index is 12.8. The number of carbonyl (C=O) groups excluding carboxylic acids is 1. The van der Waals surface area contributed by atoms with E-state index in [2.05, 4.69) is 10.3 Å². The molecule has 0 aliphatic rings. The largest absolute Gasteiger partial charge is 0.380 e. The Morgan fingerprint density at radius 2 is 2.05 bits per heavy atom. The standard InChI is InChI=1S/C13H13FN4O2/c1-8-11(7-16-18(8)2)13(19)20-17-12(15)9-3-5-10(14)6-4-9/h3-7H,1-2H3,(H2,15,17). The normalized spacial score (nSPS) is 11.4. The van der Waals surface area contributed by atoms with Crippen molar-refractivity contribution in [3.63, 3.8) is 0 Å². The van der Waals surface area contributed by atoms with Gasteiger partial charge in [0.2, 0.25) is 0 Å². The van der Waals surface area contributed by atoms with Crippen molar-refractivity contribution in [2.75, 3.05) is 0 Å². The number of amidine groups is 1. The Bertz CT molecular complexity index is 662. The zero-order chi connectivity index (χ0) is 14.7. The third-order valence-corrected chi connectivity index (χ3v) is 2.82. The topological polar surface area (TPSA) is 82.5 Å². The smallest absolute Gasteiger partial charge is 0.369 e. The lowest BCUT2D eigenvalue weighted by atomic mass is 10.2. The number of carbonyl (C=O) groups is 1. The minimum absolute atomic E-state index is 0.0140. The Hall–Kier alpha value is -2.70. The fraction of sp³-hybridized carbons (Fsp3) is 0.154. The van der Waals surface area contributed by atoms with Gasteiger partial charge < -0.3 is 10.6 Å². The van der Waals surface area contributed by atoms with Gasteiger partial charge in [-0.2, -0.15) is 5.10 Å². The van der Waals surface area contributed by atoms with Gasteiger partial charge >= 0.3 is 5.97 Å². The molecule has 1 aromatic heterocycles. The Morgan fingerprint density at radius 1 is 1.40 bits per heavy atom. The molecule has 7 heteroatoms. The number of aromatic nitrogens is 2. The Kier molecular flexibility index (Phi) is 3.79. The summed E-state index contributed by atoms with van der Waals surface area (Å²) < 4.78 is 14.3. The second kappa shape index (κ2) is 5.52. The first kappa shape index (κ1) is 13.7. The van der Waals surface area contributed by atoms with E-state index in [1.807, 2.05) is 0 Å². The molecule has 20 heavy (non-hydrogen) atoms. The number of nitrogens with two attached hydrogens (primary N) is 1. The number of oxime groups is 1. The molecule has 0 bridgehead atoms. The van der Waals surface area contributed by atoms with E-state index in [0.717, 1.165) is 0 Å². The fourth-order valence-electron chi connectivity index (χ4n) is 1.51. The summed E-state index contributed by atoms with van der Waals surface area (Å²) >= 11 is 0. The van der Waals surface area contributed by atoms with E-state index in [-0.39, 0.29) is 11.7 Å². The van der Waals surface area contributed by atoms with Crippen LogP contribution in [-0.4, -0.2) is 21.6 Å². The molecule has 0 atom stereocenters. The van der Waals surface area contributed by atoms with Crippen molar-refractivity contribution < 1.29 is 14.0 Å². The Labute approximate surface area is 114 Å². The molecule has 0 fully saturated rings. The van der Waals surface area contributed by atoms with E-state index < -0.39 is 5.97 Å². The number of hydrogen-bond acceptors (Lipinski definition) is 4. The lowest BCUT2D eigenvalue weighted by Gasteiger charge is -2.01. The fourth-order valence-corrected chi connectivity index (χ4v) is 1.51. The van der Waals surface area contributed by atoms with E-state index in [4.69, 9.17) is 10.6 Å². The summed E-state index contributed by atoms with van der Waals surface area (Å²) in [7, 11) is 1.71. The lowest BCUT2D eigenvalue weighted by Crippen LogP contribution is -2.15. The molecule has 0 amide bonds. The first-order chi connectivity index (χ1) is 9.49. The zero-order valence-electron chi connectivity index (χ0n) is 11.0. The van der Waals surface area contributed by atoms with E-state index >= 15 is 0 Å². The highest BCUT2D eigenvalue weighted by Crippen LogP contribution is 2.08. The molecule has 1 heterocycles. The van der Waals surface area contributed by atoms with Gasteiger partial charge in [-0.1, -0.05) is 5.16 Å². The van der Waals surface area contributed by atoms with E-state index in [1.54, 1.807) is 18.7 Å². The summed E-state index contributed by atoms with van der Waals surface area (Å²) in [5.41, 5.74) is 7.07. The van der Waals surface area contributed by atoms with Crippen molar-refractivity contribution in [3.05, 3.63) is 53.1 Å². The number of hydrogen-bond donors (Lipinski definition) is 1. The van der Waals surface area contributed by atoms with Gasteiger partial charge in [0.25, 0.3) is 0 Å². The van der Waals surface area contributed by atoms with Crippen LogP contribution < -0.4 is 5.73 Å². The van der Waals surface area contributed by atoms with Crippen LogP contribution in [0.4, 0.5) is 4.39 Å². The first-order valence-corrected chi connectivity index (χ1v) is 5.78. The van der Waals surface area contributed by atoms with Gasteiger partial charge in [0.05, 0.1) is 6.20 Å². The molecule has 0 unspecified atom stereocenters. The summed E-state index contributed by atoms with van der Waals surface area (Å²) in [6, 6.07) is 5.37. The maximum atomic E-state index is 12.8. The van der Waals surface area contributed by atoms with Crippen LogP contribution in [0, 0.1) is 12.7 Å². The zero-order valence-corrected chi connectivity index (χ0v) is 11.0. The lowest BCUT2D eigenvalue weighted by molar-refractivity contribution is 0.0515. The van der Waals surface area contributed by atoms with Crippen molar-refractivity contribution in [1.82, 2.24) is 9.78 Å². The van der Waals surface area contributed by atoms with Crippen LogP contribution in [0.1, 0.15) is 21.6 Å². The summed E-state index contributed by atoms with van der Waals surface area (Å²) in [4.78, 5) is 16.5. The molecular weight excluding hydrogens is 263 g/mol. The van der Waals surface area contributed by atoms with Crippen molar-refractivity contribution in [3.8, 4) is 0 Å². The summed E-state index contributed by atoms with van der Waals surface area (Å²) in [5, 5.41) is 7.46. The molecule has 0 aliphatic heterocycles. The van der Waals surface area contributed by atoms with Crippen LogP contribution in [-0.2, 0) is 11.9 Å². The van der Waals surface area contributed by atoms with Gasteiger partial charge in [0, 0.05) is 18.3 Å². The van der Waals surface area contributed by atoms with Gasteiger partial charge in [-0.3, -0.25) is 4.68 Å². The van der Waals surface area contributed by atoms with Crippen LogP contribution in [0.25, 0.3) is 0 Å². The molecule has 0 saturated heterocycles. The first-order valence-electron chi connectivity index (χ1n) is 5.78. The second-order valence-corrected chi connectivity index (χ2v) is 4.13. The van der Waals surface area contributed by atoms with Gasteiger partial charge in [0.1, 0.15) is 11.4 Å². The molecule has 0 spiro atoms. The van der Waals surface area contributed by atoms with Crippen molar-refractivity contribution in [2.45, 2.75) is 6.92 Å². The van der Waals surface area contributed by atoms with Crippen molar-refractivity contribution in [2.24, 2.45) is 17.9 Å². The highest BCUT2D eigenvalue weighted by atomic mass is 19.1. The molecule has 0 saturated carbocycles. The molecular formula is C13H13FN4O2. The average molecular weight is 276 g/mol. The predicted molar refractivity (Wildman–Crippen MR) is 70.5 cm³/mol. The molecule has 1 aromatic carbocycles. The highest BCUT2D eigenvalue weighted by Gasteiger charge is 2.14. The van der Waals surface area contributed by atoms with Gasteiger partial charge in [-0.05, 0) is 31.2 Å². The molecule has 2 aromatic rings. The molecule has 6 nitrogen and oxygen atoms in total. The summed E-state index contributed by atoms with van der Waals surface area (Å²) in [6.45, 7) is 1.73. The molecule has 2 N–H and O–H groups in total. The number of halogens is 1. The minimum Gasteiger partial charge on any atom is -0.380 e. The van der Waals surface area contributed by atoms with Crippen LogP contribution in [0.2, 0.25) is 0 Å². The highest BCUT2D eigenvalue weighted by molar-refractivity contribution is 5.98. The quantitative estimate of drug-likeness (QED) is 0.397. The van der Waals surface area contributed by atoms with Crippen LogP contribution >= 0.6 is 0 Å². The van der Waals surface area contributed by atoms with Crippen LogP contribution in [0.15, 0.2) is 35.6 Å². The molecule has 0 aliphatic carbocycles. The predicted octanol–water partition coefficient (Wildman–Crippen LogP) is 1.34. The summed E-state index contributed by atoms with van der Waals surface area (Å²) in [6.07, 6.45) is 1.39. The van der Waals surface area contributed by atoms with Crippen molar-refractivity contribution in [1.29, 1.82) is 0 Å². The monoisotopic (exact) mass is 276 g/mol. The van der Waals surface area contributed by atoms with Crippen LogP contribution in [0.5, 0.6) is 0 Å². The Morgan fingerprint density at radius 3 is 2.60 bits per heavy atom. The number of benzene rings is 1. The maximum Gasteiger partial charge on any atom is 0.369 e. The molecule has 2 rings (SSSR count). The van der Waals surface area contributed by atoms with E-state index in [1.165, 1.54) is 30.5 Å². The number of rotatable bonds is 3. The number of aryl methyl sites for hydroxylation is 1. The van der Waals surface area contributed by atoms with E-state index in [0.29, 0.717) is 16.8 Å². The van der Waals surface area contributed by atoms with Gasteiger partial charge in [-0.25, -0.2) is 9.18 Å². The minimum atomic E-state index is -0.652.